The highest BCUT2D eigenvalue weighted by Gasteiger charge is 2.33. The summed E-state index contributed by atoms with van der Waals surface area (Å²) in [6.45, 7) is 4.25. The molecule has 0 saturated carbocycles. The van der Waals surface area contributed by atoms with E-state index in [1.165, 1.54) is 0 Å². The predicted octanol–water partition coefficient (Wildman–Crippen LogP) is 5.84. The molecule has 0 heterocycles. The number of hydrogen-bond acceptors (Lipinski definition) is 4. The third kappa shape index (κ3) is 3.13. The highest BCUT2D eigenvalue weighted by Crippen LogP contribution is 2.48. The molecule has 0 unspecified atom stereocenters. The van der Waals surface area contributed by atoms with E-state index in [1.54, 1.807) is 6.07 Å². The van der Waals surface area contributed by atoms with Crippen molar-refractivity contribution in [2.75, 3.05) is 11.5 Å². The van der Waals surface area contributed by atoms with E-state index >= 15 is 0 Å². The van der Waals surface area contributed by atoms with Gasteiger partial charge in [-0.15, -0.1) is 0 Å². The number of benzene rings is 4. The number of hydrogen-bond donors (Lipinski definition) is 2. The van der Waals surface area contributed by atoms with Crippen LogP contribution in [-0.2, 0) is 6.42 Å². The molecule has 4 aromatic carbocycles. The quantitative estimate of drug-likeness (QED) is 0.359. The second-order valence-corrected chi connectivity index (χ2v) is 7.82. The third-order valence-corrected chi connectivity index (χ3v) is 5.85. The first kappa shape index (κ1) is 19.6. The first-order valence-corrected chi connectivity index (χ1v) is 10.4. The van der Waals surface area contributed by atoms with Gasteiger partial charge in [-0.1, -0.05) is 79.4 Å². The van der Waals surface area contributed by atoms with E-state index in [0.717, 1.165) is 11.1 Å². The van der Waals surface area contributed by atoms with Gasteiger partial charge in [-0.2, -0.15) is 0 Å². The Kier molecular flexibility index (Phi) is 4.75. The van der Waals surface area contributed by atoms with Gasteiger partial charge in [0.25, 0.3) is 0 Å². The van der Waals surface area contributed by atoms with Gasteiger partial charge in [0.1, 0.15) is 5.75 Å². The molecule has 1 aliphatic rings. The molecule has 32 heavy (non-hydrogen) atoms. The molecule has 0 aliphatic heterocycles. The molecule has 1 aliphatic carbocycles. The zero-order valence-electron chi connectivity index (χ0n) is 17.5. The lowest BCUT2D eigenvalue weighted by molar-refractivity contribution is 0.103. The monoisotopic (exact) mass is 418 g/mol. The van der Waals surface area contributed by atoms with Crippen molar-refractivity contribution in [1.82, 2.24) is 0 Å². The van der Waals surface area contributed by atoms with Crippen LogP contribution in [0.15, 0.2) is 91.5 Å². The maximum atomic E-state index is 13.5. The van der Waals surface area contributed by atoms with Crippen LogP contribution in [0, 0.1) is 0 Å². The largest absolute Gasteiger partial charge is 0.455 e. The minimum absolute atomic E-state index is 0.146. The summed E-state index contributed by atoms with van der Waals surface area (Å²) in [6, 6.07) is 26.7. The van der Waals surface area contributed by atoms with E-state index < -0.39 is 0 Å². The lowest BCUT2D eigenvalue weighted by Gasteiger charge is -2.27. The standard InChI is InChI=1S/C28H22N2O2/c1-17-20-14-8-9-15-21(20)27(31)24-23(17)26(30)28(32-19-12-6-3-7-13-19)22(25(24)29)16-18-10-4-2-5-11-18/h2-15H,1,16,29-30H2. The summed E-state index contributed by atoms with van der Waals surface area (Å²) in [6.07, 6.45) is 0.480. The van der Waals surface area contributed by atoms with Crippen molar-refractivity contribution in [1.29, 1.82) is 0 Å². The number of fused-ring (bicyclic) bond motifs is 2. The number of nitrogen functional groups attached to an aromatic ring is 2. The Hall–Kier alpha value is -4.31. The maximum Gasteiger partial charge on any atom is 0.196 e. The number of ketones is 1. The summed E-state index contributed by atoms with van der Waals surface area (Å²) in [5.41, 5.74) is 18.8. The molecule has 5 rings (SSSR count). The predicted molar refractivity (Wildman–Crippen MR) is 129 cm³/mol. The second kappa shape index (κ2) is 7.75. The van der Waals surface area contributed by atoms with Crippen LogP contribution in [0.4, 0.5) is 11.4 Å². The van der Waals surface area contributed by atoms with Gasteiger partial charge in [0.15, 0.2) is 11.5 Å². The topological polar surface area (TPSA) is 78.3 Å². The van der Waals surface area contributed by atoms with Gasteiger partial charge in [-0.25, -0.2) is 0 Å². The van der Waals surface area contributed by atoms with Crippen molar-refractivity contribution in [2.45, 2.75) is 6.42 Å². The molecule has 0 bridgehead atoms. The fraction of sp³-hybridized carbons (Fsp3) is 0.0357. The molecular weight excluding hydrogens is 396 g/mol. The molecule has 4 heteroatoms. The molecule has 0 aromatic heterocycles. The Labute approximate surface area is 186 Å². The highest BCUT2D eigenvalue weighted by atomic mass is 16.5. The van der Waals surface area contributed by atoms with E-state index in [-0.39, 0.29) is 5.78 Å². The molecule has 4 aromatic rings. The summed E-state index contributed by atoms with van der Waals surface area (Å²) in [7, 11) is 0. The van der Waals surface area contributed by atoms with Crippen LogP contribution in [0.1, 0.15) is 38.2 Å². The smallest absolute Gasteiger partial charge is 0.196 e. The number of para-hydroxylation sites is 1. The van der Waals surface area contributed by atoms with E-state index in [2.05, 4.69) is 6.58 Å². The number of nitrogens with two attached hydrogens (primary N) is 2. The zero-order valence-corrected chi connectivity index (χ0v) is 17.5. The normalized spacial score (nSPS) is 12.2. The van der Waals surface area contributed by atoms with Crippen molar-refractivity contribution in [3.8, 4) is 11.5 Å². The Morgan fingerprint density at radius 3 is 2.00 bits per heavy atom. The fourth-order valence-corrected chi connectivity index (χ4v) is 4.28. The first-order chi connectivity index (χ1) is 15.6. The van der Waals surface area contributed by atoms with Crippen LogP contribution < -0.4 is 16.2 Å². The van der Waals surface area contributed by atoms with Crippen LogP contribution in [0.3, 0.4) is 0 Å². The molecule has 0 amide bonds. The molecule has 0 fully saturated rings. The van der Waals surface area contributed by atoms with E-state index in [4.69, 9.17) is 16.2 Å². The number of anilines is 2. The summed E-state index contributed by atoms with van der Waals surface area (Å²) in [5, 5.41) is 0. The van der Waals surface area contributed by atoms with Crippen LogP contribution in [0.2, 0.25) is 0 Å². The van der Waals surface area contributed by atoms with Gasteiger partial charge < -0.3 is 16.2 Å². The van der Waals surface area contributed by atoms with Gasteiger partial charge in [-0.05, 0) is 28.8 Å². The van der Waals surface area contributed by atoms with Gasteiger partial charge in [0, 0.05) is 23.1 Å². The number of carbonyl (C=O) groups is 1. The van der Waals surface area contributed by atoms with Crippen molar-refractivity contribution in [3.63, 3.8) is 0 Å². The third-order valence-electron chi connectivity index (χ3n) is 5.85. The van der Waals surface area contributed by atoms with Crippen LogP contribution in [0.25, 0.3) is 5.57 Å². The molecule has 0 saturated heterocycles. The van der Waals surface area contributed by atoms with Crippen LogP contribution in [0.5, 0.6) is 11.5 Å². The number of carbonyl (C=O) groups excluding carboxylic acids is 1. The van der Waals surface area contributed by atoms with E-state index in [0.29, 0.717) is 57.1 Å². The average Bonchev–Trinajstić information content (AvgIpc) is 2.83. The highest BCUT2D eigenvalue weighted by molar-refractivity contribution is 6.23. The van der Waals surface area contributed by atoms with Crippen molar-refractivity contribution >= 4 is 22.7 Å². The summed E-state index contributed by atoms with van der Waals surface area (Å²) >= 11 is 0. The van der Waals surface area contributed by atoms with Gasteiger partial charge in [0.2, 0.25) is 0 Å². The van der Waals surface area contributed by atoms with Crippen molar-refractivity contribution < 1.29 is 9.53 Å². The molecule has 0 radical (unpaired) electrons. The van der Waals surface area contributed by atoms with Crippen LogP contribution >= 0.6 is 0 Å². The summed E-state index contributed by atoms with van der Waals surface area (Å²) < 4.78 is 6.27. The summed E-state index contributed by atoms with van der Waals surface area (Å²) in [5.74, 6) is 0.957. The van der Waals surface area contributed by atoms with E-state index in [1.807, 2.05) is 78.9 Å². The summed E-state index contributed by atoms with van der Waals surface area (Å²) in [4.78, 5) is 13.5. The molecule has 0 atom stereocenters. The van der Waals surface area contributed by atoms with E-state index in [9.17, 15) is 4.79 Å². The van der Waals surface area contributed by atoms with Gasteiger partial charge in [0.05, 0.1) is 16.9 Å². The zero-order chi connectivity index (χ0) is 22.2. The average molecular weight is 418 g/mol. The van der Waals surface area contributed by atoms with Gasteiger partial charge >= 0.3 is 0 Å². The second-order valence-electron chi connectivity index (χ2n) is 7.82. The number of ether oxygens (including phenoxy) is 1. The van der Waals surface area contributed by atoms with Crippen molar-refractivity contribution in [3.05, 3.63) is 125 Å². The minimum atomic E-state index is -0.146. The molecule has 4 nitrogen and oxygen atoms in total. The van der Waals surface area contributed by atoms with Crippen LogP contribution in [-0.4, -0.2) is 5.78 Å². The fourth-order valence-electron chi connectivity index (χ4n) is 4.28. The Morgan fingerprint density at radius 2 is 1.31 bits per heavy atom. The molecule has 4 N–H and O–H groups in total. The Bertz CT molecular complexity index is 1250. The number of rotatable bonds is 4. The first-order valence-electron chi connectivity index (χ1n) is 10.4. The SMILES string of the molecule is C=C1c2ccccc2C(=O)c2c(N)c(Cc3ccccc3)c(Oc3ccccc3)c(N)c21. The molecule has 156 valence electrons. The lowest BCUT2D eigenvalue weighted by atomic mass is 9.78. The minimum Gasteiger partial charge on any atom is -0.455 e. The Balaban J connectivity index is 1.76. The Morgan fingerprint density at radius 1 is 0.719 bits per heavy atom. The van der Waals surface area contributed by atoms with Crippen molar-refractivity contribution in [2.24, 2.45) is 0 Å². The molecular formula is C28H22N2O2. The molecule has 0 spiro atoms. The maximum absolute atomic E-state index is 13.5. The lowest BCUT2D eigenvalue weighted by Crippen LogP contribution is -2.20. The van der Waals surface area contributed by atoms with Gasteiger partial charge in [-0.3, -0.25) is 4.79 Å².